The van der Waals surface area contributed by atoms with Crippen molar-refractivity contribution in [1.82, 2.24) is 52.3 Å². The average molecular weight is 953 g/mol. The first kappa shape index (κ1) is 53.6. The molecule has 6 rings (SSSR count). The van der Waals surface area contributed by atoms with Gasteiger partial charge in [0, 0.05) is 32.7 Å². The minimum atomic E-state index is -1.17. The van der Waals surface area contributed by atoms with Crippen LogP contribution in [-0.2, 0) is 51.2 Å². The predicted octanol–water partition coefficient (Wildman–Crippen LogP) is 1.53. The number of hydrogen-bond donors (Lipinski definition) is 8. The van der Waals surface area contributed by atoms with Gasteiger partial charge in [-0.25, -0.2) is 0 Å². The molecule has 2 aliphatic carbocycles. The van der Waals surface area contributed by atoms with E-state index in [2.05, 4.69) is 66.8 Å². The van der Waals surface area contributed by atoms with Crippen molar-refractivity contribution in [2.75, 3.05) is 53.4 Å². The van der Waals surface area contributed by atoms with Gasteiger partial charge in [-0.3, -0.25) is 38.4 Å². The summed E-state index contributed by atoms with van der Waals surface area (Å²) in [6, 6.07) is 13.1. The van der Waals surface area contributed by atoms with Gasteiger partial charge in [0.1, 0.15) is 18.1 Å². The zero-order chi connectivity index (χ0) is 49.5. The maximum Gasteiger partial charge on any atom is 0.246 e. The fraction of sp³-hybridized carbons (Fsp3) is 0.529. The lowest BCUT2D eigenvalue weighted by Gasteiger charge is -2.31. The second-order valence-corrected chi connectivity index (χ2v) is 17.9. The Morgan fingerprint density at radius 1 is 0.667 bits per heavy atom. The minimum absolute atomic E-state index is 0.0298. The number of nitrogens with one attached hydrogen (secondary N) is 8. The average Bonchev–Trinajstić information content (AvgIpc) is 4.09. The van der Waals surface area contributed by atoms with Gasteiger partial charge in [0.15, 0.2) is 0 Å². The molecule has 2 heterocycles. The lowest BCUT2D eigenvalue weighted by atomic mass is 9.87. The fourth-order valence-electron chi connectivity index (χ4n) is 9.23. The molecule has 8 amide bonds. The Bertz CT molecular complexity index is 2140. The molecule has 69 heavy (non-hydrogen) atoms. The van der Waals surface area contributed by atoms with Crippen molar-refractivity contribution in [1.29, 1.82) is 0 Å². The molecule has 2 fully saturated rings. The van der Waals surface area contributed by atoms with E-state index in [9.17, 15) is 38.4 Å². The zero-order valence-electron chi connectivity index (χ0n) is 40.4. The molecular weight excluding hydrogens is 881 g/mol. The summed E-state index contributed by atoms with van der Waals surface area (Å²) < 4.78 is 0. The molecule has 0 saturated carbocycles. The van der Waals surface area contributed by atoms with Crippen molar-refractivity contribution in [2.45, 2.75) is 120 Å². The van der Waals surface area contributed by atoms with Crippen LogP contribution in [0, 0.1) is 0 Å². The summed E-state index contributed by atoms with van der Waals surface area (Å²) in [5.41, 5.74) is 4.99. The highest BCUT2D eigenvalue weighted by molar-refractivity contribution is 5.96. The van der Waals surface area contributed by atoms with Crippen LogP contribution in [0.1, 0.15) is 105 Å². The standard InChI is InChI=1S/C40H59N9O7.C11H13NO/c1-27(42-3)37(53)47-32(40(56)49-23-13-18-33(49)38(54)46-30-17-12-15-28-14-6-7-16-29(28)30)25-35(51)44-20-9-5-4-8-19-43-34(50)24-31(45-36(52)26-41-2)39(55)48-21-10-11-22-48;13-8-12-11-7-3-5-9-4-1-2-6-10(9)11/h4-9,14,16,27,30-33,41-42H,10-13,15,17-26H2,1-3H3,(H,43,50)(H,44,51)(H,45,52)(H,46,54)(H,47,53);1-2,4,6,8,11H,3,5,7H2,(H,12,13)/b8-4+,9-5+;/t27?,30-,31?,32+,33?;/m1./s1. The van der Waals surface area contributed by atoms with Crippen molar-refractivity contribution in [2.24, 2.45) is 0 Å². The highest BCUT2D eigenvalue weighted by Gasteiger charge is 2.40. The summed E-state index contributed by atoms with van der Waals surface area (Å²) in [6.07, 6.45) is 16.1. The number of allylic oxidation sites excluding steroid dienone is 2. The summed E-state index contributed by atoms with van der Waals surface area (Å²) in [7, 11) is 3.24. The minimum Gasteiger partial charge on any atom is -0.353 e. The number of hydrogen-bond acceptors (Lipinski definition) is 10. The van der Waals surface area contributed by atoms with Gasteiger partial charge in [0.2, 0.25) is 47.8 Å². The third-order valence-electron chi connectivity index (χ3n) is 13.0. The second-order valence-electron chi connectivity index (χ2n) is 17.9. The smallest absolute Gasteiger partial charge is 0.246 e. The van der Waals surface area contributed by atoms with Crippen LogP contribution in [0.15, 0.2) is 72.8 Å². The third kappa shape index (κ3) is 16.4. The maximum atomic E-state index is 13.9. The maximum absolute atomic E-state index is 13.9. The molecule has 6 atom stereocenters. The van der Waals surface area contributed by atoms with E-state index in [1.807, 2.05) is 24.3 Å². The van der Waals surface area contributed by atoms with E-state index in [0.717, 1.165) is 56.9 Å². The highest BCUT2D eigenvalue weighted by atomic mass is 16.2. The van der Waals surface area contributed by atoms with Gasteiger partial charge in [0.25, 0.3) is 0 Å². The molecule has 4 aliphatic rings. The first-order chi connectivity index (χ1) is 33.4. The van der Waals surface area contributed by atoms with Gasteiger partial charge in [-0.15, -0.1) is 0 Å². The van der Waals surface area contributed by atoms with Gasteiger partial charge in [-0.2, -0.15) is 0 Å². The van der Waals surface area contributed by atoms with Crippen LogP contribution in [-0.4, -0.2) is 135 Å². The van der Waals surface area contributed by atoms with E-state index in [-0.39, 0.29) is 68.2 Å². The fourth-order valence-corrected chi connectivity index (χ4v) is 9.23. The number of amides is 8. The lowest BCUT2D eigenvalue weighted by Crippen LogP contribution is -2.56. The molecule has 8 N–H and O–H groups in total. The predicted molar refractivity (Wildman–Crippen MR) is 262 cm³/mol. The first-order valence-corrected chi connectivity index (χ1v) is 24.5. The van der Waals surface area contributed by atoms with E-state index in [1.54, 1.807) is 50.2 Å². The molecule has 0 bridgehead atoms. The Morgan fingerprint density at radius 2 is 1.23 bits per heavy atom. The Morgan fingerprint density at radius 3 is 1.81 bits per heavy atom. The molecule has 2 aromatic carbocycles. The second kappa shape index (κ2) is 28.2. The van der Waals surface area contributed by atoms with Crippen molar-refractivity contribution in [3.05, 3.63) is 95.1 Å². The molecule has 2 aliphatic heterocycles. The zero-order valence-corrected chi connectivity index (χ0v) is 40.4. The molecule has 18 nitrogen and oxygen atoms in total. The van der Waals surface area contributed by atoms with Crippen LogP contribution in [0.3, 0.4) is 0 Å². The number of benzene rings is 2. The number of aryl methyl sites for hydroxylation is 2. The molecule has 0 spiro atoms. The monoisotopic (exact) mass is 953 g/mol. The summed E-state index contributed by atoms with van der Waals surface area (Å²) in [6.45, 7) is 3.55. The van der Waals surface area contributed by atoms with Gasteiger partial charge >= 0.3 is 0 Å². The number of likely N-dealkylation sites (N-methyl/N-ethyl adjacent to an activating group) is 2. The molecule has 18 heteroatoms. The topological polar surface area (TPSA) is 239 Å². The van der Waals surface area contributed by atoms with Crippen LogP contribution in [0.2, 0.25) is 0 Å². The number of nitrogens with zero attached hydrogens (tertiary/aromatic N) is 2. The van der Waals surface area contributed by atoms with Crippen LogP contribution in [0.4, 0.5) is 0 Å². The van der Waals surface area contributed by atoms with E-state index in [0.29, 0.717) is 32.5 Å². The summed E-state index contributed by atoms with van der Waals surface area (Å²) in [5.74, 6) is -2.64. The van der Waals surface area contributed by atoms with Gasteiger partial charge < -0.3 is 52.3 Å². The molecule has 0 aromatic heterocycles. The van der Waals surface area contributed by atoms with Crippen molar-refractivity contribution in [3.8, 4) is 0 Å². The molecule has 0 radical (unpaired) electrons. The molecule has 374 valence electrons. The molecule has 4 unspecified atom stereocenters. The Kier molecular flexibility index (Phi) is 21.9. The number of rotatable bonds is 21. The molecule has 2 saturated heterocycles. The Balaban J connectivity index is 0.000000583. The van der Waals surface area contributed by atoms with Crippen LogP contribution >= 0.6 is 0 Å². The first-order valence-electron chi connectivity index (χ1n) is 24.5. The molecular formula is C51H72N10O8. The summed E-state index contributed by atoms with van der Waals surface area (Å²) >= 11 is 0. The van der Waals surface area contributed by atoms with Crippen molar-refractivity contribution < 1.29 is 38.4 Å². The summed E-state index contributed by atoms with van der Waals surface area (Å²) in [5, 5.41) is 22.4. The van der Waals surface area contributed by atoms with Crippen LogP contribution in [0.5, 0.6) is 0 Å². The normalized spacial score (nSPS) is 19.7. The van der Waals surface area contributed by atoms with E-state index in [4.69, 9.17) is 0 Å². The Hall–Kier alpha value is -6.40. The van der Waals surface area contributed by atoms with E-state index in [1.165, 1.54) is 28.0 Å². The molecule has 2 aromatic rings. The number of likely N-dealkylation sites (tertiary alicyclic amines) is 2. The lowest BCUT2D eigenvalue weighted by molar-refractivity contribution is -0.143. The summed E-state index contributed by atoms with van der Waals surface area (Å²) in [4.78, 5) is 105. The van der Waals surface area contributed by atoms with E-state index >= 15 is 0 Å². The van der Waals surface area contributed by atoms with Gasteiger partial charge in [-0.05, 0) is 107 Å². The van der Waals surface area contributed by atoms with E-state index < -0.39 is 41.9 Å². The number of carbonyl (C=O) groups excluding carboxylic acids is 8. The van der Waals surface area contributed by atoms with Crippen LogP contribution < -0.4 is 42.5 Å². The highest BCUT2D eigenvalue weighted by Crippen LogP contribution is 2.31. The Labute approximate surface area is 406 Å². The van der Waals surface area contributed by atoms with Gasteiger partial charge in [-0.1, -0.05) is 72.8 Å². The van der Waals surface area contributed by atoms with Crippen molar-refractivity contribution in [3.63, 3.8) is 0 Å². The SMILES string of the molecule is CNCC(=O)NC(CC(=O)NC/C=C/C=C/CNC(=O)C[C@H](NC(=O)C(C)NC)C(=O)N1CCCC1C(=O)N[C@@H]1CCCc2ccccc21)C(=O)N1CCCC1.O=CNC1CCCc2ccccc21. The third-order valence-corrected chi connectivity index (χ3v) is 13.0. The van der Waals surface area contributed by atoms with Crippen molar-refractivity contribution >= 4 is 47.8 Å². The van der Waals surface area contributed by atoms with Gasteiger partial charge in [0.05, 0.1) is 37.5 Å². The van der Waals surface area contributed by atoms with Crippen LogP contribution in [0.25, 0.3) is 0 Å². The largest absolute Gasteiger partial charge is 0.353 e. The quantitative estimate of drug-likeness (QED) is 0.0664. The number of fused-ring (bicyclic) bond motifs is 2. The number of carbonyl (C=O) groups is 8.